The summed E-state index contributed by atoms with van der Waals surface area (Å²) in [5.74, 6) is 0.494. The summed E-state index contributed by atoms with van der Waals surface area (Å²) in [6.07, 6.45) is 0. The third kappa shape index (κ3) is 4.53. The van der Waals surface area contributed by atoms with Crippen LogP contribution in [0.15, 0.2) is 51.7 Å². The smallest absolute Gasteiger partial charge is 0.290 e. The van der Waals surface area contributed by atoms with E-state index in [2.05, 4.69) is 37.8 Å². The zero-order valence-electron chi connectivity index (χ0n) is 21.5. The Morgan fingerprint density at radius 3 is 2.39 bits per heavy atom. The molecule has 5 rings (SSSR count). The Bertz CT molecular complexity index is 1320. The lowest BCUT2D eigenvalue weighted by Crippen LogP contribution is -2.42. The van der Waals surface area contributed by atoms with Gasteiger partial charge in [-0.3, -0.25) is 14.5 Å². The van der Waals surface area contributed by atoms with Crippen LogP contribution in [-0.4, -0.2) is 61.7 Å². The first-order valence-corrected chi connectivity index (χ1v) is 12.7. The summed E-state index contributed by atoms with van der Waals surface area (Å²) in [6, 6.07) is 13.0. The SMILES string of the molecule is CCOc1ccc2c(=O)c3c(oc2c1)C(=O)N(CCN1CCOCC1)C3c1ccc(C(C)(C)C)cc1. The van der Waals surface area contributed by atoms with Crippen molar-refractivity contribution in [3.8, 4) is 5.75 Å². The van der Waals surface area contributed by atoms with Gasteiger partial charge in [-0.2, -0.15) is 0 Å². The van der Waals surface area contributed by atoms with Crippen LogP contribution in [0.4, 0.5) is 0 Å². The molecule has 2 aliphatic heterocycles. The van der Waals surface area contributed by atoms with E-state index in [-0.39, 0.29) is 22.5 Å². The summed E-state index contributed by atoms with van der Waals surface area (Å²) in [4.78, 5) is 31.6. The Kier molecular flexibility index (Phi) is 6.62. The number of carbonyl (C=O) groups is 1. The Morgan fingerprint density at radius 2 is 1.72 bits per heavy atom. The van der Waals surface area contributed by atoms with Gasteiger partial charge in [-0.15, -0.1) is 0 Å². The summed E-state index contributed by atoms with van der Waals surface area (Å²) in [5.41, 5.74) is 2.74. The lowest BCUT2D eigenvalue weighted by atomic mass is 9.86. The fraction of sp³-hybridized carbons (Fsp3) is 0.448. The van der Waals surface area contributed by atoms with E-state index < -0.39 is 6.04 Å². The maximum atomic E-state index is 13.8. The molecule has 0 aliphatic carbocycles. The molecular weight excluding hydrogens is 456 g/mol. The fourth-order valence-electron chi connectivity index (χ4n) is 5.07. The minimum absolute atomic E-state index is 0.00541. The molecule has 36 heavy (non-hydrogen) atoms. The highest BCUT2D eigenvalue weighted by Gasteiger charge is 2.42. The average molecular weight is 491 g/mol. The van der Waals surface area contributed by atoms with E-state index in [4.69, 9.17) is 13.9 Å². The molecule has 0 spiro atoms. The van der Waals surface area contributed by atoms with Crippen LogP contribution in [0.5, 0.6) is 5.75 Å². The molecule has 2 aromatic carbocycles. The van der Waals surface area contributed by atoms with Crippen LogP contribution in [0.2, 0.25) is 0 Å². The Hall–Kier alpha value is -3.16. The molecule has 1 unspecified atom stereocenters. The van der Waals surface area contributed by atoms with Gasteiger partial charge in [0.05, 0.1) is 36.8 Å². The molecule has 3 heterocycles. The van der Waals surface area contributed by atoms with Crippen LogP contribution < -0.4 is 10.2 Å². The number of rotatable bonds is 6. The Morgan fingerprint density at radius 1 is 1.00 bits per heavy atom. The van der Waals surface area contributed by atoms with Crippen molar-refractivity contribution >= 4 is 16.9 Å². The summed E-state index contributed by atoms with van der Waals surface area (Å²) in [5, 5.41) is 0.455. The van der Waals surface area contributed by atoms with Crippen molar-refractivity contribution in [1.82, 2.24) is 9.80 Å². The number of morpholine rings is 1. The number of hydrogen-bond donors (Lipinski definition) is 0. The van der Waals surface area contributed by atoms with Gasteiger partial charge in [0.2, 0.25) is 5.76 Å². The van der Waals surface area contributed by atoms with Crippen molar-refractivity contribution in [3.05, 3.63) is 75.1 Å². The van der Waals surface area contributed by atoms with Gasteiger partial charge < -0.3 is 18.8 Å². The molecule has 3 aromatic rings. The summed E-state index contributed by atoms with van der Waals surface area (Å²) >= 11 is 0. The number of nitrogens with zero attached hydrogens (tertiary/aromatic N) is 2. The van der Waals surface area contributed by atoms with E-state index in [1.807, 2.05) is 19.1 Å². The zero-order valence-corrected chi connectivity index (χ0v) is 21.5. The quantitative estimate of drug-likeness (QED) is 0.511. The topological polar surface area (TPSA) is 72.2 Å². The number of carbonyl (C=O) groups excluding carboxylic acids is 1. The molecule has 190 valence electrons. The van der Waals surface area contributed by atoms with E-state index in [9.17, 15) is 9.59 Å². The van der Waals surface area contributed by atoms with Crippen molar-refractivity contribution in [1.29, 1.82) is 0 Å². The molecule has 0 N–H and O–H groups in total. The van der Waals surface area contributed by atoms with Gasteiger partial charge in [0.1, 0.15) is 11.3 Å². The third-order valence-electron chi connectivity index (χ3n) is 7.10. The van der Waals surface area contributed by atoms with Crippen LogP contribution in [-0.2, 0) is 10.2 Å². The van der Waals surface area contributed by atoms with Crippen LogP contribution in [0, 0.1) is 0 Å². The van der Waals surface area contributed by atoms with Gasteiger partial charge in [0.25, 0.3) is 5.91 Å². The second-order valence-electron chi connectivity index (χ2n) is 10.5. The van der Waals surface area contributed by atoms with Gasteiger partial charge in [0.15, 0.2) is 5.43 Å². The van der Waals surface area contributed by atoms with E-state index in [1.165, 1.54) is 5.56 Å². The van der Waals surface area contributed by atoms with Crippen LogP contribution >= 0.6 is 0 Å². The van der Waals surface area contributed by atoms with Gasteiger partial charge in [-0.05, 0) is 35.6 Å². The normalized spacial score (nSPS) is 18.6. The molecule has 0 bridgehead atoms. The van der Waals surface area contributed by atoms with Crippen LogP contribution in [0.25, 0.3) is 11.0 Å². The van der Waals surface area contributed by atoms with E-state index in [0.717, 1.165) is 18.7 Å². The average Bonchev–Trinajstić information content (AvgIpc) is 3.14. The standard InChI is InChI=1S/C29H34N2O5/c1-5-35-21-10-11-22-23(18-21)36-27-24(26(22)32)25(19-6-8-20(9-7-19)29(2,3)4)31(28(27)33)13-12-30-14-16-34-17-15-30/h6-11,18,25H,5,12-17H2,1-4H3. The van der Waals surface area contributed by atoms with Crippen LogP contribution in [0.3, 0.4) is 0 Å². The van der Waals surface area contributed by atoms with Crippen molar-refractivity contribution in [2.75, 3.05) is 46.0 Å². The monoisotopic (exact) mass is 490 g/mol. The largest absolute Gasteiger partial charge is 0.494 e. The minimum Gasteiger partial charge on any atom is -0.494 e. The second-order valence-corrected chi connectivity index (χ2v) is 10.5. The first-order chi connectivity index (χ1) is 17.3. The number of fused-ring (bicyclic) bond motifs is 2. The van der Waals surface area contributed by atoms with Gasteiger partial charge >= 0.3 is 0 Å². The zero-order chi connectivity index (χ0) is 25.4. The van der Waals surface area contributed by atoms with Crippen molar-refractivity contribution in [3.63, 3.8) is 0 Å². The van der Waals surface area contributed by atoms with Gasteiger partial charge in [-0.1, -0.05) is 45.0 Å². The summed E-state index contributed by atoms with van der Waals surface area (Å²) in [6.45, 7) is 13.2. The van der Waals surface area contributed by atoms with Gasteiger partial charge in [0, 0.05) is 32.2 Å². The number of ether oxygens (including phenoxy) is 2. The highest BCUT2D eigenvalue weighted by Crippen LogP contribution is 2.39. The summed E-state index contributed by atoms with van der Waals surface area (Å²) < 4.78 is 17.2. The van der Waals surface area contributed by atoms with Gasteiger partial charge in [-0.25, -0.2) is 0 Å². The fourth-order valence-corrected chi connectivity index (χ4v) is 5.07. The molecule has 1 fully saturated rings. The second kappa shape index (κ2) is 9.71. The van der Waals surface area contributed by atoms with E-state index in [0.29, 0.717) is 55.2 Å². The molecule has 1 saturated heterocycles. The molecule has 0 saturated carbocycles. The number of amides is 1. The molecule has 1 aromatic heterocycles. The van der Waals surface area contributed by atoms with Crippen molar-refractivity contribution < 1.29 is 18.7 Å². The molecular formula is C29H34N2O5. The number of hydrogen-bond acceptors (Lipinski definition) is 6. The van der Waals surface area contributed by atoms with E-state index in [1.54, 1.807) is 23.1 Å². The number of benzene rings is 2. The summed E-state index contributed by atoms with van der Waals surface area (Å²) in [7, 11) is 0. The molecule has 0 radical (unpaired) electrons. The van der Waals surface area contributed by atoms with Crippen molar-refractivity contribution in [2.24, 2.45) is 0 Å². The minimum atomic E-state index is -0.491. The molecule has 7 heteroatoms. The predicted molar refractivity (Wildman–Crippen MR) is 139 cm³/mol. The third-order valence-corrected chi connectivity index (χ3v) is 7.10. The molecule has 2 aliphatic rings. The highest BCUT2D eigenvalue weighted by molar-refractivity contribution is 5.99. The first-order valence-electron chi connectivity index (χ1n) is 12.7. The lowest BCUT2D eigenvalue weighted by Gasteiger charge is -2.31. The van der Waals surface area contributed by atoms with Crippen molar-refractivity contribution in [2.45, 2.75) is 39.2 Å². The lowest BCUT2D eigenvalue weighted by molar-refractivity contribution is 0.0314. The Labute approximate surface area is 211 Å². The molecule has 1 atom stereocenters. The highest BCUT2D eigenvalue weighted by atomic mass is 16.5. The van der Waals surface area contributed by atoms with E-state index >= 15 is 0 Å². The maximum absolute atomic E-state index is 13.8. The molecule has 7 nitrogen and oxygen atoms in total. The molecule has 1 amide bonds. The maximum Gasteiger partial charge on any atom is 0.290 e. The van der Waals surface area contributed by atoms with Crippen LogP contribution in [0.1, 0.15) is 61.0 Å². The predicted octanol–water partition coefficient (Wildman–Crippen LogP) is 4.37. The first kappa shape index (κ1) is 24.5. The Balaban J connectivity index is 1.58.